The predicted octanol–water partition coefficient (Wildman–Crippen LogP) is 2.28. The van der Waals surface area contributed by atoms with Gasteiger partial charge in [0, 0.05) is 0 Å². The predicted molar refractivity (Wildman–Crippen MR) is 48.8 cm³/mol. The van der Waals surface area contributed by atoms with Crippen molar-refractivity contribution in [3.8, 4) is 0 Å². The molecule has 1 aliphatic rings. The number of hydrogen-bond acceptors (Lipinski definition) is 1. The molecule has 1 atom stereocenters. The minimum atomic E-state index is -0.842. The Bertz CT molecular complexity index is 334. The van der Waals surface area contributed by atoms with E-state index in [4.69, 9.17) is 0 Å². The van der Waals surface area contributed by atoms with Crippen LogP contribution in [0, 0.1) is 17.6 Å². The number of aliphatic hydroxyl groups is 1. The van der Waals surface area contributed by atoms with Crippen molar-refractivity contribution in [3.63, 3.8) is 0 Å². The highest BCUT2D eigenvalue weighted by atomic mass is 19.2. The Morgan fingerprint density at radius 1 is 1.29 bits per heavy atom. The number of benzene rings is 1. The lowest BCUT2D eigenvalue weighted by Gasteiger charge is -2.08. The van der Waals surface area contributed by atoms with Crippen molar-refractivity contribution in [1.29, 1.82) is 0 Å². The van der Waals surface area contributed by atoms with Gasteiger partial charge in [0.25, 0.3) is 0 Å². The molecule has 1 unspecified atom stereocenters. The van der Waals surface area contributed by atoms with E-state index in [-0.39, 0.29) is 0 Å². The molecular weight excluding hydrogens is 186 g/mol. The van der Waals surface area contributed by atoms with Gasteiger partial charge in [0.15, 0.2) is 11.6 Å². The van der Waals surface area contributed by atoms with Gasteiger partial charge in [-0.05, 0) is 42.9 Å². The van der Waals surface area contributed by atoms with Crippen LogP contribution < -0.4 is 0 Å². The van der Waals surface area contributed by atoms with Crippen LogP contribution in [0.5, 0.6) is 0 Å². The molecule has 14 heavy (non-hydrogen) atoms. The van der Waals surface area contributed by atoms with E-state index in [0.29, 0.717) is 17.9 Å². The second-order valence-corrected chi connectivity index (χ2v) is 3.86. The second-order valence-electron chi connectivity index (χ2n) is 3.86. The Morgan fingerprint density at radius 2 is 2.00 bits per heavy atom. The summed E-state index contributed by atoms with van der Waals surface area (Å²) in [6.07, 6.45) is 2.11. The number of halogens is 2. The van der Waals surface area contributed by atoms with Crippen molar-refractivity contribution in [2.24, 2.45) is 5.92 Å². The van der Waals surface area contributed by atoms with Crippen molar-refractivity contribution < 1.29 is 13.9 Å². The molecule has 3 heteroatoms. The largest absolute Gasteiger partial charge is 0.392 e. The fourth-order valence-corrected chi connectivity index (χ4v) is 1.56. The van der Waals surface area contributed by atoms with Crippen LogP contribution in [0.15, 0.2) is 18.2 Å². The number of rotatable bonds is 3. The molecule has 1 N–H and O–H groups in total. The normalized spacial score (nSPS) is 18.2. The van der Waals surface area contributed by atoms with Crippen LogP contribution >= 0.6 is 0 Å². The quantitative estimate of drug-likeness (QED) is 0.790. The zero-order valence-electron chi connectivity index (χ0n) is 7.71. The fourth-order valence-electron chi connectivity index (χ4n) is 1.56. The van der Waals surface area contributed by atoms with E-state index in [9.17, 15) is 13.9 Å². The van der Waals surface area contributed by atoms with Gasteiger partial charge in [-0.2, -0.15) is 0 Å². The first kappa shape index (κ1) is 9.59. The molecule has 0 aromatic heterocycles. The van der Waals surface area contributed by atoms with Crippen LogP contribution in [0.1, 0.15) is 18.4 Å². The average molecular weight is 198 g/mol. The molecule has 76 valence electrons. The summed E-state index contributed by atoms with van der Waals surface area (Å²) in [5.74, 6) is -1.32. The molecule has 1 saturated carbocycles. The number of hydrogen-bond donors (Lipinski definition) is 1. The molecule has 0 saturated heterocycles. The first-order chi connectivity index (χ1) is 6.66. The van der Waals surface area contributed by atoms with E-state index in [1.165, 1.54) is 6.07 Å². The summed E-state index contributed by atoms with van der Waals surface area (Å²) in [6.45, 7) is 0. The molecule has 1 aliphatic carbocycles. The summed E-state index contributed by atoms with van der Waals surface area (Å²) in [5, 5.41) is 9.59. The average Bonchev–Trinajstić information content (AvgIpc) is 2.94. The van der Waals surface area contributed by atoms with E-state index < -0.39 is 17.7 Å². The van der Waals surface area contributed by atoms with Crippen molar-refractivity contribution in [3.05, 3.63) is 35.4 Å². The zero-order valence-corrected chi connectivity index (χ0v) is 7.71. The summed E-state index contributed by atoms with van der Waals surface area (Å²) >= 11 is 0. The standard InChI is InChI=1S/C11H12F2O/c12-9-4-1-7(5-10(9)13)6-11(14)8-2-3-8/h1,4-5,8,11,14H,2-3,6H2. The van der Waals surface area contributed by atoms with Crippen LogP contribution in [0.4, 0.5) is 8.78 Å². The third-order valence-corrected chi connectivity index (χ3v) is 2.60. The lowest BCUT2D eigenvalue weighted by molar-refractivity contribution is 0.151. The molecule has 0 amide bonds. The minimum Gasteiger partial charge on any atom is -0.392 e. The Morgan fingerprint density at radius 3 is 2.57 bits per heavy atom. The van der Waals surface area contributed by atoms with Gasteiger partial charge in [0.1, 0.15) is 0 Å². The first-order valence-corrected chi connectivity index (χ1v) is 4.79. The van der Waals surface area contributed by atoms with Gasteiger partial charge >= 0.3 is 0 Å². The molecule has 0 radical (unpaired) electrons. The fraction of sp³-hybridized carbons (Fsp3) is 0.455. The highest BCUT2D eigenvalue weighted by Gasteiger charge is 2.29. The van der Waals surface area contributed by atoms with Gasteiger partial charge in [-0.1, -0.05) is 6.07 Å². The first-order valence-electron chi connectivity index (χ1n) is 4.79. The van der Waals surface area contributed by atoms with Crippen LogP contribution in [-0.2, 0) is 6.42 Å². The Labute approximate surface area is 81.4 Å². The summed E-state index contributed by atoms with van der Waals surface area (Å²) in [6, 6.07) is 3.77. The van der Waals surface area contributed by atoms with Gasteiger partial charge in [-0.15, -0.1) is 0 Å². The summed E-state index contributed by atoms with van der Waals surface area (Å²) in [4.78, 5) is 0. The highest BCUT2D eigenvalue weighted by molar-refractivity contribution is 5.18. The molecule has 0 spiro atoms. The van der Waals surface area contributed by atoms with Crippen molar-refractivity contribution in [1.82, 2.24) is 0 Å². The smallest absolute Gasteiger partial charge is 0.159 e. The molecule has 0 heterocycles. The van der Waals surface area contributed by atoms with E-state index in [1.54, 1.807) is 0 Å². The Hall–Kier alpha value is -0.960. The molecule has 0 bridgehead atoms. The monoisotopic (exact) mass is 198 g/mol. The molecule has 1 aromatic rings. The second kappa shape index (κ2) is 3.65. The van der Waals surface area contributed by atoms with Gasteiger partial charge in [-0.3, -0.25) is 0 Å². The maximum Gasteiger partial charge on any atom is 0.159 e. The van der Waals surface area contributed by atoms with Gasteiger partial charge in [0.2, 0.25) is 0 Å². The van der Waals surface area contributed by atoms with E-state index in [1.807, 2.05) is 0 Å². The van der Waals surface area contributed by atoms with Crippen molar-refractivity contribution in [2.45, 2.75) is 25.4 Å². The van der Waals surface area contributed by atoms with Crippen LogP contribution in [-0.4, -0.2) is 11.2 Å². The lowest BCUT2D eigenvalue weighted by atomic mass is 10.0. The van der Waals surface area contributed by atoms with Crippen molar-refractivity contribution >= 4 is 0 Å². The minimum absolute atomic E-state index is 0.364. The number of aliphatic hydroxyl groups excluding tert-OH is 1. The van der Waals surface area contributed by atoms with E-state index in [2.05, 4.69) is 0 Å². The zero-order chi connectivity index (χ0) is 10.1. The lowest BCUT2D eigenvalue weighted by Crippen LogP contribution is -2.12. The van der Waals surface area contributed by atoms with E-state index >= 15 is 0 Å². The third-order valence-electron chi connectivity index (χ3n) is 2.60. The Kier molecular flexibility index (Phi) is 2.50. The molecular formula is C11H12F2O. The molecule has 0 aliphatic heterocycles. The van der Waals surface area contributed by atoms with Crippen LogP contribution in [0.25, 0.3) is 0 Å². The molecule has 1 nitrogen and oxygen atoms in total. The van der Waals surface area contributed by atoms with Gasteiger partial charge in [0.05, 0.1) is 6.10 Å². The van der Waals surface area contributed by atoms with Crippen LogP contribution in [0.2, 0.25) is 0 Å². The van der Waals surface area contributed by atoms with Gasteiger partial charge < -0.3 is 5.11 Å². The molecule has 1 fully saturated rings. The topological polar surface area (TPSA) is 20.2 Å². The van der Waals surface area contributed by atoms with Crippen molar-refractivity contribution in [2.75, 3.05) is 0 Å². The summed E-state index contributed by atoms with van der Waals surface area (Å²) < 4.78 is 25.4. The maximum atomic E-state index is 12.8. The van der Waals surface area contributed by atoms with Gasteiger partial charge in [-0.25, -0.2) is 8.78 Å². The maximum absolute atomic E-state index is 12.8. The third kappa shape index (κ3) is 2.10. The summed E-state index contributed by atoms with van der Waals surface area (Å²) in [7, 11) is 0. The van der Waals surface area contributed by atoms with E-state index in [0.717, 1.165) is 25.0 Å². The SMILES string of the molecule is OC(Cc1ccc(F)c(F)c1)C1CC1. The molecule has 1 aromatic carbocycles. The van der Waals surface area contributed by atoms with Crippen LogP contribution in [0.3, 0.4) is 0 Å². The highest BCUT2D eigenvalue weighted by Crippen LogP contribution is 2.33. The Balaban J connectivity index is 2.04. The summed E-state index contributed by atoms with van der Waals surface area (Å²) in [5.41, 5.74) is 0.656. The molecule has 2 rings (SSSR count).